The highest BCUT2D eigenvalue weighted by Gasteiger charge is 2.24. The molecule has 1 aromatic carbocycles. The van der Waals surface area contributed by atoms with E-state index in [-0.39, 0.29) is 11.9 Å². The molecule has 1 amide bonds. The smallest absolute Gasteiger partial charge is 0.242 e. The second kappa shape index (κ2) is 6.84. The Labute approximate surface area is 152 Å². The van der Waals surface area contributed by atoms with Gasteiger partial charge in [-0.05, 0) is 50.4 Å². The summed E-state index contributed by atoms with van der Waals surface area (Å²) in [6, 6.07) is 7.82. The summed E-state index contributed by atoms with van der Waals surface area (Å²) in [5, 5.41) is 13.1. The van der Waals surface area contributed by atoms with Crippen molar-refractivity contribution in [3.05, 3.63) is 36.7 Å². The molecule has 0 radical (unpaired) electrons. The van der Waals surface area contributed by atoms with Crippen LogP contribution in [0.15, 0.2) is 36.7 Å². The van der Waals surface area contributed by atoms with Crippen LogP contribution in [0, 0.1) is 0 Å². The lowest BCUT2D eigenvalue weighted by atomic mass is 10.1. The van der Waals surface area contributed by atoms with Gasteiger partial charge in [-0.25, -0.2) is 4.98 Å². The fraction of sp³-hybridized carbons (Fsp3) is 0.368. The largest absolute Gasteiger partial charge is 0.309 e. The van der Waals surface area contributed by atoms with Crippen LogP contribution in [0.3, 0.4) is 0 Å². The first kappa shape index (κ1) is 16.7. The molecule has 4 rings (SSSR count). The van der Waals surface area contributed by atoms with Gasteiger partial charge in [0.1, 0.15) is 11.5 Å². The third-order valence-electron chi connectivity index (χ3n) is 4.94. The van der Waals surface area contributed by atoms with Crippen molar-refractivity contribution in [2.75, 3.05) is 18.4 Å². The molecular formula is C19H22N6O. The lowest BCUT2D eigenvalue weighted by molar-refractivity contribution is -0.120. The summed E-state index contributed by atoms with van der Waals surface area (Å²) in [5.74, 6) is 0.564. The van der Waals surface area contributed by atoms with Crippen LogP contribution in [0.1, 0.15) is 19.8 Å². The van der Waals surface area contributed by atoms with Crippen LogP contribution in [-0.2, 0) is 11.8 Å². The summed E-state index contributed by atoms with van der Waals surface area (Å²) in [6.07, 6.45) is 5.99. The lowest BCUT2D eigenvalue weighted by Gasteiger charge is -2.22. The summed E-state index contributed by atoms with van der Waals surface area (Å²) in [5.41, 5.74) is 1.80. The monoisotopic (exact) mass is 350 g/mol. The van der Waals surface area contributed by atoms with Crippen molar-refractivity contribution in [1.29, 1.82) is 0 Å². The number of anilines is 1. The van der Waals surface area contributed by atoms with E-state index >= 15 is 0 Å². The first-order valence-electron chi connectivity index (χ1n) is 8.91. The zero-order valence-electron chi connectivity index (χ0n) is 15.0. The average molecular weight is 350 g/mol. The molecule has 1 fully saturated rings. The molecule has 134 valence electrons. The maximum Gasteiger partial charge on any atom is 0.242 e. The molecule has 1 atom stereocenters. The number of fused-ring (bicyclic) bond motifs is 1. The summed E-state index contributed by atoms with van der Waals surface area (Å²) in [6.45, 7) is 3.93. The Morgan fingerprint density at radius 3 is 2.73 bits per heavy atom. The summed E-state index contributed by atoms with van der Waals surface area (Å²) >= 11 is 0. The van der Waals surface area contributed by atoms with Crippen molar-refractivity contribution in [2.45, 2.75) is 25.8 Å². The quantitative estimate of drug-likeness (QED) is 0.782. The van der Waals surface area contributed by atoms with Gasteiger partial charge in [0.25, 0.3) is 0 Å². The number of nitrogens with one attached hydrogen (secondary N) is 1. The van der Waals surface area contributed by atoms with E-state index in [4.69, 9.17) is 0 Å². The number of pyridine rings is 1. The topological polar surface area (TPSA) is 75.9 Å². The minimum atomic E-state index is -0.138. The van der Waals surface area contributed by atoms with Gasteiger partial charge < -0.3 is 5.32 Å². The Hall–Kier alpha value is -2.80. The number of nitrogens with zero attached hydrogens (tertiary/aromatic N) is 5. The van der Waals surface area contributed by atoms with Gasteiger partial charge in [-0.3, -0.25) is 14.4 Å². The molecule has 0 bridgehead atoms. The van der Waals surface area contributed by atoms with Gasteiger partial charge in [0.05, 0.1) is 12.2 Å². The predicted octanol–water partition coefficient (Wildman–Crippen LogP) is 2.45. The minimum absolute atomic E-state index is 0.0103. The Morgan fingerprint density at radius 1 is 1.19 bits per heavy atom. The number of hydrogen-bond donors (Lipinski definition) is 1. The molecule has 1 unspecified atom stereocenters. The average Bonchev–Trinajstić information content (AvgIpc) is 3.32. The number of carbonyl (C=O) groups excluding carboxylic acids is 1. The van der Waals surface area contributed by atoms with Gasteiger partial charge in [0, 0.05) is 24.2 Å². The maximum atomic E-state index is 12.5. The lowest BCUT2D eigenvalue weighted by Crippen LogP contribution is -2.40. The van der Waals surface area contributed by atoms with Gasteiger partial charge in [-0.2, -0.15) is 0 Å². The molecule has 1 saturated heterocycles. The van der Waals surface area contributed by atoms with Crippen LogP contribution >= 0.6 is 0 Å². The van der Waals surface area contributed by atoms with Crippen LogP contribution in [0.25, 0.3) is 22.0 Å². The second-order valence-corrected chi connectivity index (χ2v) is 6.82. The number of likely N-dealkylation sites (tertiary alicyclic amines) is 1. The number of rotatable bonds is 4. The van der Waals surface area contributed by atoms with Crippen LogP contribution in [0.4, 0.5) is 5.82 Å². The van der Waals surface area contributed by atoms with Crippen LogP contribution in [-0.4, -0.2) is 49.9 Å². The standard InChI is InChI=1S/C19H22N6O/c1-13(25-7-3-4-8-25)19(26)21-18-10-16-9-14(5-6-15(16)11-20-18)17-12-24(2)23-22-17/h5-6,9-13H,3-4,7-8H2,1-2H3,(H,20,21,26). The van der Waals surface area contributed by atoms with E-state index in [1.165, 1.54) is 0 Å². The van der Waals surface area contributed by atoms with Crippen molar-refractivity contribution in [2.24, 2.45) is 7.05 Å². The van der Waals surface area contributed by atoms with E-state index in [1.807, 2.05) is 44.4 Å². The Morgan fingerprint density at radius 2 is 2.00 bits per heavy atom. The van der Waals surface area contributed by atoms with E-state index in [0.717, 1.165) is 48.0 Å². The first-order chi connectivity index (χ1) is 12.6. The summed E-state index contributed by atoms with van der Waals surface area (Å²) < 4.78 is 1.68. The SMILES string of the molecule is CC(C(=O)Nc1cc2cc(-c3cn(C)nn3)ccc2cn1)N1CCCC1. The third kappa shape index (κ3) is 3.30. The highest BCUT2D eigenvalue weighted by molar-refractivity contribution is 5.96. The zero-order chi connectivity index (χ0) is 18.1. The third-order valence-corrected chi connectivity index (χ3v) is 4.94. The molecule has 7 heteroatoms. The van der Waals surface area contributed by atoms with E-state index in [0.29, 0.717) is 5.82 Å². The van der Waals surface area contributed by atoms with Crippen molar-refractivity contribution < 1.29 is 4.79 Å². The molecule has 3 heterocycles. The molecule has 0 saturated carbocycles. The van der Waals surface area contributed by atoms with Gasteiger partial charge >= 0.3 is 0 Å². The Bertz CT molecular complexity index is 944. The van der Waals surface area contributed by atoms with Gasteiger partial charge in [0.2, 0.25) is 5.91 Å². The van der Waals surface area contributed by atoms with E-state index < -0.39 is 0 Å². The number of aromatic nitrogens is 4. The van der Waals surface area contributed by atoms with E-state index in [2.05, 4.69) is 25.5 Å². The summed E-state index contributed by atoms with van der Waals surface area (Å²) in [4.78, 5) is 19.1. The van der Waals surface area contributed by atoms with Crippen molar-refractivity contribution in [1.82, 2.24) is 24.9 Å². The van der Waals surface area contributed by atoms with Crippen molar-refractivity contribution >= 4 is 22.5 Å². The van der Waals surface area contributed by atoms with Gasteiger partial charge in [-0.15, -0.1) is 5.10 Å². The normalized spacial score (nSPS) is 16.1. The molecule has 1 aliphatic heterocycles. The van der Waals surface area contributed by atoms with E-state index in [9.17, 15) is 4.79 Å². The predicted molar refractivity (Wildman–Crippen MR) is 101 cm³/mol. The first-order valence-corrected chi connectivity index (χ1v) is 8.91. The molecule has 0 spiro atoms. The Kier molecular flexibility index (Phi) is 4.38. The molecule has 1 aliphatic rings. The van der Waals surface area contributed by atoms with Crippen LogP contribution in [0.2, 0.25) is 0 Å². The molecule has 1 N–H and O–H groups in total. The molecule has 26 heavy (non-hydrogen) atoms. The highest BCUT2D eigenvalue weighted by Crippen LogP contribution is 2.24. The minimum Gasteiger partial charge on any atom is -0.309 e. The fourth-order valence-electron chi connectivity index (χ4n) is 3.37. The second-order valence-electron chi connectivity index (χ2n) is 6.82. The van der Waals surface area contributed by atoms with E-state index in [1.54, 1.807) is 10.9 Å². The molecular weight excluding hydrogens is 328 g/mol. The van der Waals surface area contributed by atoms with Crippen molar-refractivity contribution in [3.63, 3.8) is 0 Å². The highest BCUT2D eigenvalue weighted by atomic mass is 16.2. The van der Waals surface area contributed by atoms with Gasteiger partial charge in [-0.1, -0.05) is 17.3 Å². The van der Waals surface area contributed by atoms with Gasteiger partial charge in [0.15, 0.2) is 0 Å². The molecule has 0 aliphatic carbocycles. The fourth-order valence-corrected chi connectivity index (χ4v) is 3.37. The number of amides is 1. The Balaban J connectivity index is 1.57. The van der Waals surface area contributed by atoms with Crippen molar-refractivity contribution in [3.8, 4) is 11.3 Å². The van der Waals surface area contributed by atoms with Crippen LogP contribution in [0.5, 0.6) is 0 Å². The van der Waals surface area contributed by atoms with Crippen LogP contribution < -0.4 is 5.32 Å². The summed E-state index contributed by atoms with van der Waals surface area (Å²) in [7, 11) is 1.84. The number of hydrogen-bond acceptors (Lipinski definition) is 5. The molecule has 2 aromatic heterocycles. The number of carbonyl (C=O) groups is 1. The zero-order valence-corrected chi connectivity index (χ0v) is 15.0. The maximum absolute atomic E-state index is 12.5. The number of benzene rings is 1. The number of aryl methyl sites for hydroxylation is 1. The molecule has 7 nitrogen and oxygen atoms in total. The molecule has 3 aromatic rings.